The maximum absolute atomic E-state index is 10.9. The van der Waals surface area contributed by atoms with Crippen LogP contribution in [0, 0.1) is 3.57 Å². The van der Waals surface area contributed by atoms with Gasteiger partial charge in [0.15, 0.2) is 5.78 Å². The molecular formula is C8H6ClIO2. The molecule has 12 heavy (non-hydrogen) atoms. The summed E-state index contributed by atoms with van der Waals surface area (Å²) in [5.41, 5.74) is 0.473. The number of phenols is 1. The van der Waals surface area contributed by atoms with E-state index in [0.29, 0.717) is 14.2 Å². The molecule has 64 valence electrons. The molecule has 0 fully saturated rings. The molecule has 1 aromatic rings. The van der Waals surface area contributed by atoms with Gasteiger partial charge in [-0.3, -0.25) is 4.79 Å². The Bertz CT molecular complexity index is 313. The van der Waals surface area contributed by atoms with Gasteiger partial charge in [0.25, 0.3) is 0 Å². The molecule has 2 nitrogen and oxygen atoms in total. The SMILES string of the molecule is CC(=O)c1cc(O)c(Cl)c(I)c1. The lowest BCUT2D eigenvalue weighted by Gasteiger charge is -2.01. The first-order chi connectivity index (χ1) is 5.52. The molecule has 0 aromatic heterocycles. The zero-order valence-corrected chi connectivity index (χ0v) is 9.18. The topological polar surface area (TPSA) is 37.3 Å². The number of aromatic hydroxyl groups is 1. The molecule has 1 rings (SSSR count). The van der Waals surface area contributed by atoms with Gasteiger partial charge in [-0.05, 0) is 41.6 Å². The molecule has 0 bridgehead atoms. The Morgan fingerprint density at radius 1 is 1.58 bits per heavy atom. The Kier molecular flexibility index (Phi) is 2.95. The number of hydrogen-bond donors (Lipinski definition) is 1. The summed E-state index contributed by atoms with van der Waals surface area (Å²) in [7, 11) is 0. The lowest BCUT2D eigenvalue weighted by atomic mass is 10.1. The van der Waals surface area contributed by atoms with Crippen LogP contribution in [0.3, 0.4) is 0 Å². The number of Topliss-reactive ketones (excluding diaryl/α,β-unsaturated/α-hetero) is 1. The van der Waals surface area contributed by atoms with E-state index in [1.54, 1.807) is 6.07 Å². The number of benzene rings is 1. The summed E-state index contributed by atoms with van der Waals surface area (Å²) in [6, 6.07) is 3.01. The van der Waals surface area contributed by atoms with E-state index in [4.69, 9.17) is 11.6 Å². The maximum Gasteiger partial charge on any atom is 0.159 e. The normalized spacial score (nSPS) is 9.92. The van der Waals surface area contributed by atoms with Crippen LogP contribution in [0.1, 0.15) is 17.3 Å². The number of halogens is 2. The largest absolute Gasteiger partial charge is 0.506 e. The van der Waals surface area contributed by atoms with Crippen molar-refractivity contribution >= 4 is 40.0 Å². The van der Waals surface area contributed by atoms with E-state index in [0.717, 1.165) is 0 Å². The predicted molar refractivity (Wildman–Crippen MR) is 55.8 cm³/mol. The highest BCUT2D eigenvalue weighted by atomic mass is 127. The average Bonchev–Trinajstić information content (AvgIpc) is 1.99. The summed E-state index contributed by atoms with van der Waals surface area (Å²) >= 11 is 7.65. The molecule has 0 aliphatic heterocycles. The Hall–Kier alpha value is -0.290. The molecular weight excluding hydrogens is 290 g/mol. The van der Waals surface area contributed by atoms with E-state index in [1.807, 2.05) is 22.6 Å². The monoisotopic (exact) mass is 296 g/mol. The molecule has 0 saturated heterocycles. The molecule has 0 amide bonds. The van der Waals surface area contributed by atoms with Crippen LogP contribution in [-0.4, -0.2) is 10.9 Å². The van der Waals surface area contributed by atoms with Gasteiger partial charge in [0, 0.05) is 9.13 Å². The first kappa shape index (κ1) is 9.80. The van der Waals surface area contributed by atoms with Gasteiger partial charge in [-0.15, -0.1) is 0 Å². The highest BCUT2D eigenvalue weighted by molar-refractivity contribution is 14.1. The van der Waals surface area contributed by atoms with Crippen LogP contribution in [0.25, 0.3) is 0 Å². The van der Waals surface area contributed by atoms with Crippen molar-refractivity contribution in [2.24, 2.45) is 0 Å². The molecule has 0 heterocycles. The molecule has 0 aliphatic carbocycles. The van der Waals surface area contributed by atoms with E-state index in [9.17, 15) is 9.90 Å². The fourth-order valence-corrected chi connectivity index (χ4v) is 1.50. The van der Waals surface area contributed by atoms with Crippen LogP contribution >= 0.6 is 34.2 Å². The summed E-state index contributed by atoms with van der Waals surface area (Å²) in [4.78, 5) is 10.9. The molecule has 0 radical (unpaired) electrons. The van der Waals surface area contributed by atoms with Crippen molar-refractivity contribution < 1.29 is 9.90 Å². The van der Waals surface area contributed by atoms with E-state index in [1.165, 1.54) is 13.0 Å². The number of rotatable bonds is 1. The summed E-state index contributed by atoms with van der Waals surface area (Å²) < 4.78 is 0.680. The summed E-state index contributed by atoms with van der Waals surface area (Å²) in [6.07, 6.45) is 0. The smallest absolute Gasteiger partial charge is 0.159 e. The summed E-state index contributed by atoms with van der Waals surface area (Å²) in [6.45, 7) is 1.44. The Labute approximate surface area is 88.7 Å². The van der Waals surface area contributed by atoms with Crippen LogP contribution in [0.2, 0.25) is 5.02 Å². The van der Waals surface area contributed by atoms with Gasteiger partial charge in [0.05, 0.1) is 5.02 Å². The molecule has 0 saturated carbocycles. The van der Waals surface area contributed by atoms with Crippen molar-refractivity contribution in [1.82, 2.24) is 0 Å². The molecule has 0 aliphatic rings. The van der Waals surface area contributed by atoms with E-state index in [-0.39, 0.29) is 11.5 Å². The summed E-state index contributed by atoms with van der Waals surface area (Å²) in [5, 5.41) is 9.53. The van der Waals surface area contributed by atoms with Gasteiger partial charge in [0.2, 0.25) is 0 Å². The van der Waals surface area contributed by atoms with Gasteiger partial charge in [-0.25, -0.2) is 0 Å². The van der Waals surface area contributed by atoms with E-state index >= 15 is 0 Å². The quantitative estimate of drug-likeness (QED) is 0.639. The highest BCUT2D eigenvalue weighted by Gasteiger charge is 2.08. The number of phenolic OH excluding ortho intramolecular Hbond substituents is 1. The standard InChI is InChI=1S/C8H6ClIO2/c1-4(11)5-2-6(10)8(9)7(12)3-5/h2-3,12H,1H3. The third-order valence-electron chi connectivity index (χ3n) is 1.42. The number of carbonyl (C=O) groups excluding carboxylic acids is 1. The van der Waals surface area contributed by atoms with Crippen molar-refractivity contribution in [3.8, 4) is 5.75 Å². The van der Waals surface area contributed by atoms with Gasteiger partial charge < -0.3 is 5.11 Å². The molecule has 1 N–H and O–H groups in total. The maximum atomic E-state index is 10.9. The second kappa shape index (κ2) is 3.62. The first-order valence-corrected chi connectivity index (χ1v) is 4.67. The van der Waals surface area contributed by atoms with Crippen molar-refractivity contribution in [2.45, 2.75) is 6.92 Å². The van der Waals surface area contributed by atoms with Gasteiger partial charge in [-0.1, -0.05) is 11.6 Å². The van der Waals surface area contributed by atoms with Gasteiger partial charge in [0.1, 0.15) is 5.75 Å². The Morgan fingerprint density at radius 2 is 2.17 bits per heavy atom. The molecule has 0 atom stereocenters. The van der Waals surface area contributed by atoms with Crippen molar-refractivity contribution in [3.63, 3.8) is 0 Å². The predicted octanol–water partition coefficient (Wildman–Crippen LogP) is 2.85. The first-order valence-electron chi connectivity index (χ1n) is 3.21. The van der Waals surface area contributed by atoms with Crippen LogP contribution in [-0.2, 0) is 0 Å². The fraction of sp³-hybridized carbons (Fsp3) is 0.125. The number of carbonyl (C=O) groups is 1. The molecule has 0 spiro atoms. The lowest BCUT2D eigenvalue weighted by molar-refractivity contribution is 0.101. The minimum Gasteiger partial charge on any atom is -0.506 e. The Balaban J connectivity index is 3.31. The molecule has 1 aromatic carbocycles. The second-order valence-corrected chi connectivity index (χ2v) is 3.89. The van der Waals surface area contributed by atoms with Gasteiger partial charge in [-0.2, -0.15) is 0 Å². The number of hydrogen-bond acceptors (Lipinski definition) is 2. The second-order valence-electron chi connectivity index (χ2n) is 2.35. The third kappa shape index (κ3) is 1.90. The van der Waals surface area contributed by atoms with Crippen LogP contribution in [0.4, 0.5) is 0 Å². The van der Waals surface area contributed by atoms with E-state index in [2.05, 4.69) is 0 Å². The van der Waals surface area contributed by atoms with Crippen molar-refractivity contribution in [3.05, 3.63) is 26.3 Å². The number of ketones is 1. The molecule has 0 unspecified atom stereocenters. The molecule has 4 heteroatoms. The zero-order chi connectivity index (χ0) is 9.30. The minimum atomic E-state index is -0.0834. The average molecular weight is 296 g/mol. The van der Waals surface area contributed by atoms with Gasteiger partial charge >= 0.3 is 0 Å². The zero-order valence-electron chi connectivity index (χ0n) is 6.27. The van der Waals surface area contributed by atoms with Crippen LogP contribution < -0.4 is 0 Å². The van der Waals surface area contributed by atoms with E-state index < -0.39 is 0 Å². The Morgan fingerprint density at radius 3 is 2.58 bits per heavy atom. The van der Waals surface area contributed by atoms with Crippen LogP contribution in [0.5, 0.6) is 5.75 Å². The summed E-state index contributed by atoms with van der Waals surface area (Å²) in [5.74, 6) is -0.131. The lowest BCUT2D eigenvalue weighted by Crippen LogP contribution is -1.92. The van der Waals surface area contributed by atoms with Crippen molar-refractivity contribution in [1.29, 1.82) is 0 Å². The minimum absolute atomic E-state index is 0.0474. The van der Waals surface area contributed by atoms with Crippen molar-refractivity contribution in [2.75, 3.05) is 0 Å². The third-order valence-corrected chi connectivity index (χ3v) is 2.98. The highest BCUT2D eigenvalue weighted by Crippen LogP contribution is 2.29. The van der Waals surface area contributed by atoms with Crippen LogP contribution in [0.15, 0.2) is 12.1 Å². The fourth-order valence-electron chi connectivity index (χ4n) is 0.778.